The molecule has 0 aliphatic carbocycles. The Labute approximate surface area is 102 Å². The lowest BCUT2D eigenvalue weighted by molar-refractivity contribution is -0.115. The van der Waals surface area contributed by atoms with Crippen molar-refractivity contribution in [1.82, 2.24) is 15.5 Å². The summed E-state index contributed by atoms with van der Waals surface area (Å²) in [5.41, 5.74) is 1.02. The minimum Gasteiger partial charge on any atom is -0.308 e. The van der Waals surface area contributed by atoms with Gasteiger partial charge in [-0.25, -0.2) is 0 Å². The molecule has 96 valence electrons. The minimum atomic E-state index is -0.0644. The zero-order chi connectivity index (χ0) is 12.9. The monoisotopic (exact) mass is 238 g/mol. The molecule has 0 unspecified atom stereocenters. The van der Waals surface area contributed by atoms with Crippen LogP contribution in [-0.4, -0.2) is 29.2 Å². The quantitative estimate of drug-likeness (QED) is 0.683. The first-order chi connectivity index (χ1) is 7.93. The number of aromatic amines is 1. The van der Waals surface area contributed by atoms with Crippen LogP contribution in [0.3, 0.4) is 0 Å². The maximum absolute atomic E-state index is 11.5. The van der Waals surface area contributed by atoms with Crippen LogP contribution in [-0.2, 0) is 10.2 Å². The van der Waals surface area contributed by atoms with E-state index < -0.39 is 0 Å². The van der Waals surface area contributed by atoms with Crippen molar-refractivity contribution in [2.75, 3.05) is 18.4 Å². The summed E-state index contributed by atoms with van der Waals surface area (Å²) in [6.45, 7) is 9.51. The molecule has 0 aliphatic heterocycles. The molecular formula is C12H22N4O. The first kappa shape index (κ1) is 13.7. The van der Waals surface area contributed by atoms with Crippen molar-refractivity contribution in [1.29, 1.82) is 0 Å². The van der Waals surface area contributed by atoms with Crippen molar-refractivity contribution < 1.29 is 4.79 Å². The Kier molecular flexibility index (Phi) is 4.69. The molecule has 1 aromatic heterocycles. The molecule has 0 aliphatic rings. The normalized spacial score (nSPS) is 11.5. The average Bonchev–Trinajstić information content (AvgIpc) is 2.66. The van der Waals surface area contributed by atoms with Crippen LogP contribution in [0.2, 0.25) is 0 Å². The van der Waals surface area contributed by atoms with Gasteiger partial charge in [-0.05, 0) is 13.0 Å². The van der Waals surface area contributed by atoms with E-state index in [-0.39, 0.29) is 11.3 Å². The van der Waals surface area contributed by atoms with E-state index in [1.807, 2.05) is 6.07 Å². The zero-order valence-electron chi connectivity index (χ0n) is 11.1. The summed E-state index contributed by atoms with van der Waals surface area (Å²) in [4.78, 5) is 11.5. The second kappa shape index (κ2) is 5.82. The van der Waals surface area contributed by atoms with Crippen molar-refractivity contribution in [3.63, 3.8) is 0 Å². The van der Waals surface area contributed by atoms with E-state index in [0.717, 1.165) is 18.7 Å². The Morgan fingerprint density at radius 3 is 2.71 bits per heavy atom. The lowest BCUT2D eigenvalue weighted by Crippen LogP contribution is -2.28. The summed E-state index contributed by atoms with van der Waals surface area (Å²) in [6, 6.07) is 1.87. The van der Waals surface area contributed by atoms with Gasteiger partial charge in [0.25, 0.3) is 0 Å². The standard InChI is InChI=1S/C12H22N4O/c1-5-6-13-8-11(17)14-10-7-9(15-16-10)12(2,3)4/h7,13H,5-6,8H2,1-4H3,(H2,14,15,16,17). The molecule has 0 atom stereocenters. The topological polar surface area (TPSA) is 69.8 Å². The van der Waals surface area contributed by atoms with E-state index in [2.05, 4.69) is 48.5 Å². The minimum absolute atomic E-state index is 0.0104. The summed E-state index contributed by atoms with van der Waals surface area (Å²) >= 11 is 0. The Hall–Kier alpha value is -1.36. The molecule has 1 amide bonds. The van der Waals surface area contributed by atoms with Gasteiger partial charge in [-0.1, -0.05) is 27.7 Å². The number of nitrogens with zero attached hydrogens (tertiary/aromatic N) is 1. The van der Waals surface area contributed by atoms with E-state index in [0.29, 0.717) is 12.4 Å². The molecule has 1 heterocycles. The van der Waals surface area contributed by atoms with Crippen LogP contribution in [0.1, 0.15) is 39.8 Å². The summed E-state index contributed by atoms with van der Waals surface area (Å²) in [5.74, 6) is 0.517. The number of H-pyrrole nitrogens is 1. The highest BCUT2D eigenvalue weighted by molar-refractivity contribution is 5.91. The molecule has 17 heavy (non-hydrogen) atoms. The Morgan fingerprint density at radius 2 is 2.18 bits per heavy atom. The zero-order valence-corrected chi connectivity index (χ0v) is 11.1. The van der Waals surface area contributed by atoms with Crippen molar-refractivity contribution in [2.24, 2.45) is 0 Å². The molecule has 3 N–H and O–H groups in total. The molecule has 1 rings (SSSR count). The molecule has 5 heteroatoms. The van der Waals surface area contributed by atoms with Crippen LogP contribution >= 0.6 is 0 Å². The van der Waals surface area contributed by atoms with Crippen molar-refractivity contribution in [3.05, 3.63) is 11.8 Å². The molecule has 0 aromatic carbocycles. The predicted octanol–water partition coefficient (Wildman–Crippen LogP) is 1.65. The predicted molar refractivity (Wildman–Crippen MR) is 69.1 cm³/mol. The van der Waals surface area contributed by atoms with E-state index in [9.17, 15) is 4.79 Å². The van der Waals surface area contributed by atoms with Gasteiger partial charge in [0, 0.05) is 17.2 Å². The third kappa shape index (κ3) is 4.56. The first-order valence-electron chi connectivity index (χ1n) is 6.00. The second-order valence-corrected chi connectivity index (χ2v) is 5.14. The molecule has 0 spiro atoms. The average molecular weight is 238 g/mol. The Balaban J connectivity index is 2.46. The van der Waals surface area contributed by atoms with Crippen molar-refractivity contribution >= 4 is 11.7 Å². The third-order valence-electron chi connectivity index (χ3n) is 2.37. The van der Waals surface area contributed by atoms with Gasteiger partial charge in [0.1, 0.15) is 0 Å². The smallest absolute Gasteiger partial charge is 0.239 e. The number of anilines is 1. The van der Waals surface area contributed by atoms with Crippen LogP contribution in [0.15, 0.2) is 6.07 Å². The van der Waals surface area contributed by atoms with Gasteiger partial charge in [-0.2, -0.15) is 5.10 Å². The molecular weight excluding hydrogens is 216 g/mol. The van der Waals surface area contributed by atoms with Gasteiger partial charge >= 0.3 is 0 Å². The van der Waals surface area contributed by atoms with Crippen LogP contribution < -0.4 is 10.6 Å². The third-order valence-corrected chi connectivity index (χ3v) is 2.37. The van der Waals surface area contributed by atoms with E-state index in [4.69, 9.17) is 0 Å². The van der Waals surface area contributed by atoms with Gasteiger partial charge in [0.05, 0.1) is 6.54 Å². The number of carbonyl (C=O) groups excluding carboxylic acids is 1. The summed E-state index contributed by atoms with van der Waals surface area (Å²) in [7, 11) is 0. The lowest BCUT2D eigenvalue weighted by Gasteiger charge is -2.14. The van der Waals surface area contributed by atoms with E-state index in [1.165, 1.54) is 0 Å². The molecule has 0 saturated carbocycles. The number of hydrogen-bond acceptors (Lipinski definition) is 3. The maximum atomic E-state index is 11.5. The molecule has 0 bridgehead atoms. The highest BCUT2D eigenvalue weighted by Gasteiger charge is 2.17. The van der Waals surface area contributed by atoms with Crippen LogP contribution in [0.25, 0.3) is 0 Å². The highest BCUT2D eigenvalue weighted by Crippen LogP contribution is 2.21. The lowest BCUT2D eigenvalue weighted by atomic mass is 9.92. The molecule has 0 saturated heterocycles. The molecule has 0 radical (unpaired) electrons. The Morgan fingerprint density at radius 1 is 1.47 bits per heavy atom. The van der Waals surface area contributed by atoms with Crippen molar-refractivity contribution in [2.45, 2.75) is 39.5 Å². The fraction of sp³-hybridized carbons (Fsp3) is 0.667. The molecule has 1 aromatic rings. The number of nitrogens with one attached hydrogen (secondary N) is 3. The van der Waals surface area contributed by atoms with E-state index in [1.54, 1.807) is 0 Å². The van der Waals surface area contributed by atoms with Crippen molar-refractivity contribution in [3.8, 4) is 0 Å². The second-order valence-electron chi connectivity index (χ2n) is 5.14. The Bertz CT molecular complexity index is 365. The van der Waals surface area contributed by atoms with Gasteiger partial charge < -0.3 is 10.6 Å². The van der Waals surface area contributed by atoms with Gasteiger partial charge in [0.2, 0.25) is 5.91 Å². The first-order valence-corrected chi connectivity index (χ1v) is 6.00. The number of carbonyl (C=O) groups is 1. The van der Waals surface area contributed by atoms with Gasteiger partial charge in [-0.3, -0.25) is 9.89 Å². The maximum Gasteiger partial charge on any atom is 0.239 e. The number of hydrogen-bond donors (Lipinski definition) is 3. The summed E-state index contributed by atoms with van der Waals surface area (Å²) in [5, 5.41) is 12.8. The number of rotatable bonds is 5. The molecule has 5 nitrogen and oxygen atoms in total. The van der Waals surface area contributed by atoms with Gasteiger partial charge in [0.15, 0.2) is 5.82 Å². The van der Waals surface area contributed by atoms with Crippen LogP contribution in [0, 0.1) is 0 Å². The van der Waals surface area contributed by atoms with Crippen LogP contribution in [0.4, 0.5) is 5.82 Å². The number of amides is 1. The largest absolute Gasteiger partial charge is 0.308 e. The number of aromatic nitrogens is 2. The summed E-state index contributed by atoms with van der Waals surface area (Å²) < 4.78 is 0. The summed E-state index contributed by atoms with van der Waals surface area (Å²) in [6.07, 6.45) is 1.02. The fourth-order valence-electron chi connectivity index (χ4n) is 1.34. The van der Waals surface area contributed by atoms with Crippen LogP contribution in [0.5, 0.6) is 0 Å². The van der Waals surface area contributed by atoms with E-state index >= 15 is 0 Å². The highest BCUT2D eigenvalue weighted by atomic mass is 16.2. The fourth-order valence-corrected chi connectivity index (χ4v) is 1.34. The SMILES string of the molecule is CCCNCC(=O)Nc1cc(C(C)(C)C)[nH]n1. The molecule has 0 fully saturated rings. The van der Waals surface area contributed by atoms with Gasteiger partial charge in [-0.15, -0.1) is 0 Å².